The summed E-state index contributed by atoms with van der Waals surface area (Å²) in [6, 6.07) is 8.15. The molecule has 0 fully saturated rings. The third kappa shape index (κ3) is 2.18. The Morgan fingerprint density at radius 1 is 1.20 bits per heavy atom. The maximum absolute atomic E-state index is 4.55. The second-order valence-electron chi connectivity index (χ2n) is 3.66. The van der Waals surface area contributed by atoms with Crippen LogP contribution in [0.15, 0.2) is 24.3 Å². The number of nitrogens with zero attached hydrogens (tertiary/aromatic N) is 2. The summed E-state index contributed by atoms with van der Waals surface area (Å²) >= 11 is 0. The van der Waals surface area contributed by atoms with Gasteiger partial charge in [-0.1, -0.05) is 26.0 Å². The lowest BCUT2D eigenvalue weighted by Crippen LogP contribution is -2.22. The standard InChI is InChI=1S/C12H17N3/c1-3-15(4-2)9-12-13-10-7-5-6-8-11(10)14-12/h5-8H,3-4,9H2,1-2H3,(H,13,14). The van der Waals surface area contributed by atoms with Gasteiger partial charge in [0, 0.05) is 0 Å². The van der Waals surface area contributed by atoms with Gasteiger partial charge in [0.25, 0.3) is 0 Å². The van der Waals surface area contributed by atoms with Gasteiger partial charge in [-0.25, -0.2) is 4.98 Å². The molecular weight excluding hydrogens is 186 g/mol. The summed E-state index contributed by atoms with van der Waals surface area (Å²) in [5.41, 5.74) is 2.18. The lowest BCUT2D eigenvalue weighted by molar-refractivity contribution is 0.289. The van der Waals surface area contributed by atoms with Gasteiger partial charge in [-0.3, -0.25) is 4.90 Å². The Hall–Kier alpha value is -1.35. The van der Waals surface area contributed by atoms with E-state index in [1.807, 2.05) is 18.2 Å². The third-order valence-electron chi connectivity index (χ3n) is 2.71. The highest BCUT2D eigenvalue weighted by Crippen LogP contribution is 2.11. The van der Waals surface area contributed by atoms with Gasteiger partial charge in [-0.15, -0.1) is 0 Å². The number of para-hydroxylation sites is 2. The molecule has 1 aromatic carbocycles. The van der Waals surface area contributed by atoms with Gasteiger partial charge in [0.1, 0.15) is 5.82 Å². The Balaban J connectivity index is 2.21. The number of H-pyrrole nitrogens is 1. The van der Waals surface area contributed by atoms with Crippen LogP contribution in [0.1, 0.15) is 19.7 Å². The van der Waals surface area contributed by atoms with Crippen molar-refractivity contribution >= 4 is 11.0 Å². The minimum absolute atomic E-state index is 0.904. The van der Waals surface area contributed by atoms with Gasteiger partial charge in [-0.2, -0.15) is 0 Å². The third-order valence-corrected chi connectivity index (χ3v) is 2.71. The van der Waals surface area contributed by atoms with Crippen molar-refractivity contribution in [3.63, 3.8) is 0 Å². The number of hydrogen-bond acceptors (Lipinski definition) is 2. The predicted octanol–water partition coefficient (Wildman–Crippen LogP) is 2.40. The lowest BCUT2D eigenvalue weighted by atomic mass is 10.3. The first kappa shape index (κ1) is 10.2. The van der Waals surface area contributed by atoms with Crippen molar-refractivity contribution in [3.8, 4) is 0 Å². The highest BCUT2D eigenvalue weighted by atomic mass is 15.1. The van der Waals surface area contributed by atoms with Crippen LogP contribution in [0.4, 0.5) is 0 Å². The zero-order chi connectivity index (χ0) is 10.7. The molecule has 15 heavy (non-hydrogen) atoms. The van der Waals surface area contributed by atoms with Crippen molar-refractivity contribution in [2.45, 2.75) is 20.4 Å². The van der Waals surface area contributed by atoms with E-state index in [9.17, 15) is 0 Å². The fourth-order valence-corrected chi connectivity index (χ4v) is 1.74. The monoisotopic (exact) mass is 203 g/mol. The number of hydrogen-bond donors (Lipinski definition) is 1. The lowest BCUT2D eigenvalue weighted by Gasteiger charge is -2.15. The Bertz CT molecular complexity index is 396. The van der Waals surface area contributed by atoms with Crippen LogP contribution in [0, 0.1) is 0 Å². The van der Waals surface area contributed by atoms with Gasteiger partial charge >= 0.3 is 0 Å². The van der Waals surface area contributed by atoms with Gasteiger partial charge in [-0.05, 0) is 25.2 Å². The number of rotatable bonds is 4. The molecule has 0 unspecified atom stereocenters. The average Bonchev–Trinajstić information content (AvgIpc) is 2.68. The molecule has 0 atom stereocenters. The maximum atomic E-state index is 4.55. The topological polar surface area (TPSA) is 31.9 Å². The fourth-order valence-electron chi connectivity index (χ4n) is 1.74. The number of aromatic nitrogens is 2. The van der Waals surface area contributed by atoms with Crippen LogP contribution in [0.3, 0.4) is 0 Å². The number of fused-ring (bicyclic) bond motifs is 1. The first-order valence-corrected chi connectivity index (χ1v) is 5.49. The fraction of sp³-hybridized carbons (Fsp3) is 0.417. The minimum atomic E-state index is 0.904. The van der Waals surface area contributed by atoms with E-state index in [1.54, 1.807) is 0 Å². The molecule has 0 aliphatic carbocycles. The van der Waals surface area contributed by atoms with E-state index in [-0.39, 0.29) is 0 Å². The van der Waals surface area contributed by atoms with Crippen molar-refractivity contribution in [2.24, 2.45) is 0 Å². The molecule has 0 radical (unpaired) electrons. The van der Waals surface area contributed by atoms with E-state index in [4.69, 9.17) is 0 Å². The molecule has 3 nitrogen and oxygen atoms in total. The molecule has 1 N–H and O–H groups in total. The summed E-state index contributed by atoms with van der Waals surface area (Å²) in [6.07, 6.45) is 0. The van der Waals surface area contributed by atoms with Crippen LogP contribution in [0.25, 0.3) is 11.0 Å². The number of benzene rings is 1. The van der Waals surface area contributed by atoms with E-state index in [0.29, 0.717) is 0 Å². The molecule has 1 heterocycles. The molecule has 0 aliphatic heterocycles. The van der Waals surface area contributed by atoms with Crippen LogP contribution in [0.2, 0.25) is 0 Å². The van der Waals surface area contributed by atoms with E-state index in [2.05, 4.69) is 34.8 Å². The molecule has 0 aliphatic rings. The van der Waals surface area contributed by atoms with Gasteiger partial charge in [0.15, 0.2) is 0 Å². The Kier molecular flexibility index (Phi) is 3.02. The van der Waals surface area contributed by atoms with Gasteiger partial charge in [0.2, 0.25) is 0 Å². The zero-order valence-corrected chi connectivity index (χ0v) is 9.33. The van der Waals surface area contributed by atoms with Crippen molar-refractivity contribution in [1.29, 1.82) is 0 Å². The van der Waals surface area contributed by atoms with Crippen LogP contribution >= 0.6 is 0 Å². The average molecular weight is 203 g/mol. The Morgan fingerprint density at radius 3 is 2.60 bits per heavy atom. The molecule has 0 saturated heterocycles. The summed E-state index contributed by atoms with van der Waals surface area (Å²) in [4.78, 5) is 10.2. The SMILES string of the molecule is CCN(CC)Cc1nc2ccccc2[nH]1. The minimum Gasteiger partial charge on any atom is -0.341 e. The summed E-state index contributed by atoms with van der Waals surface area (Å²) in [7, 11) is 0. The molecule has 0 saturated carbocycles. The highest BCUT2D eigenvalue weighted by molar-refractivity contribution is 5.74. The summed E-state index contributed by atoms with van der Waals surface area (Å²) in [5.74, 6) is 1.06. The van der Waals surface area contributed by atoms with Crippen molar-refractivity contribution < 1.29 is 0 Å². The highest BCUT2D eigenvalue weighted by Gasteiger charge is 2.05. The summed E-state index contributed by atoms with van der Waals surface area (Å²) in [5, 5.41) is 0. The van der Waals surface area contributed by atoms with Crippen molar-refractivity contribution in [2.75, 3.05) is 13.1 Å². The molecule has 1 aromatic heterocycles. The smallest absolute Gasteiger partial charge is 0.121 e. The van der Waals surface area contributed by atoms with Crippen LogP contribution in [0.5, 0.6) is 0 Å². The first-order chi connectivity index (χ1) is 7.33. The molecule has 80 valence electrons. The molecule has 0 bridgehead atoms. The molecule has 0 amide bonds. The van der Waals surface area contributed by atoms with E-state index in [0.717, 1.165) is 36.5 Å². The van der Waals surface area contributed by atoms with Crippen LogP contribution in [-0.4, -0.2) is 28.0 Å². The van der Waals surface area contributed by atoms with Crippen molar-refractivity contribution in [3.05, 3.63) is 30.1 Å². The normalized spacial score (nSPS) is 11.4. The predicted molar refractivity (Wildman–Crippen MR) is 62.7 cm³/mol. The van der Waals surface area contributed by atoms with E-state index < -0.39 is 0 Å². The largest absolute Gasteiger partial charge is 0.341 e. The van der Waals surface area contributed by atoms with E-state index in [1.165, 1.54) is 0 Å². The number of imidazole rings is 1. The molecule has 2 rings (SSSR count). The first-order valence-electron chi connectivity index (χ1n) is 5.49. The number of nitrogens with one attached hydrogen (secondary N) is 1. The summed E-state index contributed by atoms with van der Waals surface area (Å²) < 4.78 is 0. The number of aromatic amines is 1. The van der Waals surface area contributed by atoms with Gasteiger partial charge in [0.05, 0.1) is 17.6 Å². The summed E-state index contributed by atoms with van der Waals surface area (Å²) in [6.45, 7) is 7.38. The Morgan fingerprint density at radius 2 is 1.93 bits per heavy atom. The van der Waals surface area contributed by atoms with Crippen LogP contribution in [-0.2, 0) is 6.54 Å². The zero-order valence-electron chi connectivity index (χ0n) is 9.33. The quantitative estimate of drug-likeness (QED) is 0.827. The molecule has 2 aromatic rings. The maximum Gasteiger partial charge on any atom is 0.121 e. The molecule has 0 spiro atoms. The second kappa shape index (κ2) is 4.45. The Labute approximate surface area is 90.1 Å². The molecule has 3 heteroatoms. The van der Waals surface area contributed by atoms with Gasteiger partial charge < -0.3 is 4.98 Å². The van der Waals surface area contributed by atoms with Crippen LogP contribution < -0.4 is 0 Å². The van der Waals surface area contributed by atoms with E-state index >= 15 is 0 Å². The molecular formula is C12H17N3. The second-order valence-corrected chi connectivity index (χ2v) is 3.66. The van der Waals surface area contributed by atoms with Crippen molar-refractivity contribution in [1.82, 2.24) is 14.9 Å².